The van der Waals surface area contributed by atoms with Crippen LogP contribution in [0.2, 0.25) is 0 Å². The number of benzene rings is 3. The van der Waals surface area contributed by atoms with Crippen molar-refractivity contribution in [3.63, 3.8) is 0 Å². The molecule has 3 aromatic rings. The number of fused-ring (bicyclic) bond motifs is 1. The molecule has 218 valence electrons. The highest BCUT2D eigenvalue weighted by Gasteiger charge is 2.52. The van der Waals surface area contributed by atoms with Crippen LogP contribution in [0.1, 0.15) is 113 Å². The number of hydrogen-bond acceptors (Lipinski definition) is 5. The van der Waals surface area contributed by atoms with Gasteiger partial charge in [0.2, 0.25) is 0 Å². The first-order chi connectivity index (χ1) is 19.6. The maximum atomic E-state index is 13.7. The lowest BCUT2D eigenvalue weighted by molar-refractivity contribution is 0.0245. The number of phenols is 2. The molecule has 1 aliphatic heterocycles. The molecule has 1 heterocycles. The van der Waals surface area contributed by atoms with Crippen LogP contribution in [-0.4, -0.2) is 27.3 Å². The van der Waals surface area contributed by atoms with Crippen molar-refractivity contribution in [2.24, 2.45) is 0 Å². The molecule has 0 atom stereocenters. The summed E-state index contributed by atoms with van der Waals surface area (Å²) in [6.07, 6.45) is 5.59. The highest BCUT2D eigenvalue weighted by atomic mass is 79.9. The van der Waals surface area contributed by atoms with Crippen LogP contribution in [0.4, 0.5) is 0 Å². The Labute approximate surface area is 258 Å². The van der Waals surface area contributed by atoms with E-state index in [-0.39, 0.29) is 17.1 Å². The standard InChI is InChI=1S/C33H36Br2O6/c1-5-9-19-21(11-7-3)29(36)27(34)16-25(19)33(24-15-18(31(38)39)13-14-23(24)32(40)41-33)26-17-28(35)30(37)22(12-8-4)20(26)10-6-2/h13-17,36-37H,5-12H2,1-4H3,(H,38,39). The maximum Gasteiger partial charge on any atom is 0.340 e. The second-order valence-corrected chi connectivity index (χ2v) is 12.3. The summed E-state index contributed by atoms with van der Waals surface area (Å²) in [6, 6.07) is 8.10. The number of aromatic carboxylic acids is 1. The Hall–Kier alpha value is -2.84. The van der Waals surface area contributed by atoms with Gasteiger partial charge >= 0.3 is 11.9 Å². The van der Waals surface area contributed by atoms with Gasteiger partial charge in [0.05, 0.1) is 20.1 Å². The van der Waals surface area contributed by atoms with Crippen LogP contribution < -0.4 is 0 Å². The number of phenolic OH excluding ortho intramolecular Hbond substituents is 2. The first kappa shape index (κ1) is 31.1. The van der Waals surface area contributed by atoms with Gasteiger partial charge in [-0.15, -0.1) is 0 Å². The summed E-state index contributed by atoms with van der Waals surface area (Å²) in [7, 11) is 0. The van der Waals surface area contributed by atoms with Crippen molar-refractivity contribution >= 4 is 43.8 Å². The summed E-state index contributed by atoms with van der Waals surface area (Å²) in [6.45, 7) is 8.20. The fourth-order valence-electron chi connectivity index (χ4n) is 6.14. The van der Waals surface area contributed by atoms with Crippen LogP contribution in [0.15, 0.2) is 39.3 Å². The van der Waals surface area contributed by atoms with Gasteiger partial charge in [0, 0.05) is 16.7 Å². The van der Waals surface area contributed by atoms with E-state index in [2.05, 4.69) is 45.7 Å². The minimum absolute atomic E-state index is 0.0405. The van der Waals surface area contributed by atoms with Gasteiger partial charge in [-0.25, -0.2) is 9.59 Å². The fourth-order valence-corrected chi connectivity index (χ4v) is 7.08. The molecule has 0 saturated heterocycles. The molecule has 41 heavy (non-hydrogen) atoms. The Morgan fingerprint density at radius 2 is 1.17 bits per heavy atom. The Balaban J connectivity index is 2.29. The van der Waals surface area contributed by atoms with Gasteiger partial charge in [-0.1, -0.05) is 53.4 Å². The largest absolute Gasteiger partial charge is 0.506 e. The second kappa shape index (κ2) is 12.6. The quantitative estimate of drug-likeness (QED) is 0.175. The Morgan fingerprint density at radius 3 is 1.59 bits per heavy atom. The van der Waals surface area contributed by atoms with E-state index in [1.54, 1.807) is 0 Å². The molecular weight excluding hydrogens is 652 g/mol. The van der Waals surface area contributed by atoms with Crippen molar-refractivity contribution in [2.75, 3.05) is 0 Å². The van der Waals surface area contributed by atoms with Crippen molar-refractivity contribution in [3.8, 4) is 11.5 Å². The highest BCUT2D eigenvalue weighted by molar-refractivity contribution is 9.10. The number of esters is 1. The normalized spacial score (nSPS) is 13.8. The van der Waals surface area contributed by atoms with Crippen LogP contribution in [0.25, 0.3) is 0 Å². The van der Waals surface area contributed by atoms with E-state index in [9.17, 15) is 24.9 Å². The van der Waals surface area contributed by atoms with Gasteiger partial charge in [-0.05, 0) is 110 Å². The molecule has 3 aromatic carbocycles. The molecule has 3 N–H and O–H groups in total. The van der Waals surface area contributed by atoms with E-state index in [4.69, 9.17) is 4.74 Å². The number of rotatable bonds is 11. The smallest absolute Gasteiger partial charge is 0.340 e. The Kier molecular flexibility index (Phi) is 9.54. The topological polar surface area (TPSA) is 104 Å². The lowest BCUT2D eigenvalue weighted by Gasteiger charge is -2.36. The fraction of sp³-hybridized carbons (Fsp3) is 0.394. The van der Waals surface area contributed by atoms with E-state index in [0.717, 1.165) is 47.9 Å². The molecule has 0 radical (unpaired) electrons. The van der Waals surface area contributed by atoms with Gasteiger partial charge in [0.1, 0.15) is 11.5 Å². The number of carbonyl (C=O) groups excluding carboxylic acids is 1. The van der Waals surface area contributed by atoms with Crippen molar-refractivity contribution in [3.05, 3.63) is 89.3 Å². The summed E-state index contributed by atoms with van der Waals surface area (Å²) >= 11 is 7.14. The Bertz CT molecular complexity index is 1440. The van der Waals surface area contributed by atoms with E-state index in [1.807, 2.05) is 26.0 Å². The summed E-state index contributed by atoms with van der Waals surface area (Å²) < 4.78 is 7.46. The third kappa shape index (κ3) is 5.29. The van der Waals surface area contributed by atoms with Crippen molar-refractivity contribution in [1.29, 1.82) is 0 Å². The minimum atomic E-state index is -1.51. The van der Waals surface area contributed by atoms with E-state index in [0.29, 0.717) is 56.9 Å². The molecule has 8 heteroatoms. The number of carboxylic acids is 1. The number of aromatic hydroxyl groups is 2. The van der Waals surface area contributed by atoms with Gasteiger partial charge in [0.15, 0.2) is 5.60 Å². The number of carboxylic acid groups (broad SMARTS) is 1. The molecule has 6 nitrogen and oxygen atoms in total. The van der Waals surface area contributed by atoms with Gasteiger partial charge in [0.25, 0.3) is 0 Å². The molecule has 0 unspecified atom stereocenters. The zero-order valence-electron chi connectivity index (χ0n) is 23.9. The Morgan fingerprint density at radius 1 is 0.732 bits per heavy atom. The highest BCUT2D eigenvalue weighted by Crippen LogP contribution is 2.54. The minimum Gasteiger partial charge on any atom is -0.506 e. The molecule has 1 aliphatic rings. The number of ether oxygens (including phenoxy) is 1. The second-order valence-electron chi connectivity index (χ2n) is 10.6. The molecule has 0 spiro atoms. The van der Waals surface area contributed by atoms with Crippen molar-refractivity contribution in [1.82, 2.24) is 0 Å². The van der Waals surface area contributed by atoms with E-state index < -0.39 is 17.5 Å². The van der Waals surface area contributed by atoms with E-state index in [1.165, 1.54) is 18.2 Å². The van der Waals surface area contributed by atoms with Crippen LogP contribution in [0.5, 0.6) is 11.5 Å². The summed E-state index contributed by atoms with van der Waals surface area (Å²) in [4.78, 5) is 25.9. The van der Waals surface area contributed by atoms with Crippen LogP contribution in [0, 0.1) is 0 Å². The molecule has 0 saturated carbocycles. The number of cyclic esters (lactones) is 1. The molecule has 0 aromatic heterocycles. The molecular formula is C33H36Br2O6. The average molecular weight is 688 g/mol. The van der Waals surface area contributed by atoms with Crippen molar-refractivity contribution in [2.45, 2.75) is 84.7 Å². The first-order valence-electron chi connectivity index (χ1n) is 14.3. The zero-order valence-corrected chi connectivity index (χ0v) is 27.0. The first-order valence-corrected chi connectivity index (χ1v) is 15.8. The lowest BCUT2D eigenvalue weighted by atomic mass is 9.72. The van der Waals surface area contributed by atoms with Gasteiger partial charge in [-0.2, -0.15) is 0 Å². The van der Waals surface area contributed by atoms with Crippen LogP contribution in [0.3, 0.4) is 0 Å². The summed E-state index contributed by atoms with van der Waals surface area (Å²) in [5.41, 5.74) is 3.93. The lowest BCUT2D eigenvalue weighted by Crippen LogP contribution is -2.33. The van der Waals surface area contributed by atoms with Crippen LogP contribution in [-0.2, 0) is 36.0 Å². The predicted molar refractivity (Wildman–Crippen MR) is 166 cm³/mol. The number of carbonyl (C=O) groups is 2. The maximum absolute atomic E-state index is 13.7. The van der Waals surface area contributed by atoms with Crippen molar-refractivity contribution < 1.29 is 29.6 Å². The zero-order chi connectivity index (χ0) is 30.1. The molecule has 0 aliphatic carbocycles. The summed E-state index contributed by atoms with van der Waals surface area (Å²) in [5, 5.41) is 32.3. The monoisotopic (exact) mass is 686 g/mol. The van der Waals surface area contributed by atoms with E-state index >= 15 is 0 Å². The molecule has 4 rings (SSSR count). The number of halogens is 2. The predicted octanol–water partition coefficient (Wildman–Crippen LogP) is 8.59. The molecule has 0 bridgehead atoms. The molecule has 0 fully saturated rings. The van der Waals surface area contributed by atoms with Crippen LogP contribution >= 0.6 is 31.9 Å². The van der Waals surface area contributed by atoms with Gasteiger partial charge in [-0.3, -0.25) is 0 Å². The SMILES string of the molecule is CCCc1c(C2(c3cc(Br)c(O)c(CCC)c3CCC)OC(=O)c3ccc(C(=O)O)cc32)cc(Br)c(O)c1CCC. The molecule has 0 amide bonds. The average Bonchev–Trinajstić information content (AvgIpc) is 3.24. The summed E-state index contributed by atoms with van der Waals surface area (Å²) in [5.74, 6) is -1.35. The third-order valence-corrected chi connectivity index (χ3v) is 9.02. The third-order valence-electron chi connectivity index (χ3n) is 7.82. The van der Waals surface area contributed by atoms with Gasteiger partial charge < -0.3 is 20.1 Å². The number of hydrogen-bond donors (Lipinski definition) is 3.